The van der Waals surface area contributed by atoms with E-state index in [0.717, 1.165) is 22.2 Å². The highest BCUT2D eigenvalue weighted by Gasteiger charge is 2.60. The first-order valence-corrected chi connectivity index (χ1v) is 10.6. The number of pyridine rings is 1. The first-order valence-electron chi connectivity index (χ1n) is 9.19. The Morgan fingerprint density at radius 3 is 2.82 bits per heavy atom. The number of aromatic amines is 1. The van der Waals surface area contributed by atoms with Gasteiger partial charge in [0.2, 0.25) is 16.6 Å². The minimum Gasteiger partial charge on any atom is -0.346 e. The molecule has 1 aliphatic heterocycles. The van der Waals surface area contributed by atoms with Gasteiger partial charge in [-0.2, -0.15) is 9.40 Å². The van der Waals surface area contributed by atoms with Crippen molar-refractivity contribution in [2.24, 2.45) is 0 Å². The molecule has 144 valence electrons. The van der Waals surface area contributed by atoms with E-state index in [4.69, 9.17) is 6.57 Å². The molecule has 8 nitrogen and oxygen atoms in total. The van der Waals surface area contributed by atoms with E-state index in [1.165, 1.54) is 4.31 Å². The van der Waals surface area contributed by atoms with E-state index in [1.54, 1.807) is 24.0 Å². The summed E-state index contributed by atoms with van der Waals surface area (Å²) in [5.74, 6) is 0. The minimum atomic E-state index is -3.32. The second-order valence-corrected chi connectivity index (χ2v) is 10.5. The Morgan fingerprint density at radius 2 is 2.11 bits per heavy atom. The SMILES string of the molecule is [C-]#[N+]CC1(n2cc(-c3ccnc4[nH]ccc34)cn2)CN(S(=O)(=O)C2(C)CC2)C1. The van der Waals surface area contributed by atoms with Crippen LogP contribution in [0.3, 0.4) is 0 Å². The molecular weight excluding hydrogens is 376 g/mol. The fourth-order valence-electron chi connectivity index (χ4n) is 3.92. The minimum absolute atomic E-state index is 0.201. The van der Waals surface area contributed by atoms with Crippen molar-refractivity contribution in [2.75, 3.05) is 19.6 Å². The molecule has 3 aromatic rings. The largest absolute Gasteiger partial charge is 0.346 e. The Labute approximate surface area is 163 Å². The normalized spacial score (nSPS) is 20.6. The molecule has 1 saturated heterocycles. The van der Waals surface area contributed by atoms with Crippen molar-refractivity contribution in [3.63, 3.8) is 0 Å². The molecule has 1 aliphatic carbocycles. The molecule has 3 aromatic heterocycles. The molecular formula is C19H20N6O2S. The molecule has 2 fully saturated rings. The highest BCUT2D eigenvalue weighted by molar-refractivity contribution is 7.90. The summed E-state index contributed by atoms with van der Waals surface area (Å²) >= 11 is 0. The van der Waals surface area contributed by atoms with Crippen LogP contribution in [0.1, 0.15) is 19.8 Å². The fraction of sp³-hybridized carbons (Fsp3) is 0.421. The second-order valence-electron chi connectivity index (χ2n) is 8.04. The molecule has 0 aromatic carbocycles. The number of fused-ring (bicyclic) bond motifs is 1. The van der Waals surface area contributed by atoms with E-state index >= 15 is 0 Å². The third-order valence-corrected chi connectivity index (χ3v) is 8.66. The smallest absolute Gasteiger partial charge is 0.242 e. The van der Waals surface area contributed by atoms with Gasteiger partial charge in [-0.15, -0.1) is 0 Å². The third-order valence-electron chi connectivity index (χ3n) is 6.07. The van der Waals surface area contributed by atoms with Crippen LogP contribution in [0.2, 0.25) is 0 Å². The molecule has 1 saturated carbocycles. The lowest BCUT2D eigenvalue weighted by molar-refractivity contribution is 0.0821. The van der Waals surface area contributed by atoms with Gasteiger partial charge in [0.15, 0.2) is 5.54 Å². The number of H-pyrrole nitrogens is 1. The summed E-state index contributed by atoms with van der Waals surface area (Å²) in [5, 5.41) is 5.51. The Hall–Kier alpha value is -2.70. The van der Waals surface area contributed by atoms with Crippen molar-refractivity contribution in [1.29, 1.82) is 0 Å². The van der Waals surface area contributed by atoms with Crippen molar-refractivity contribution in [3.05, 3.63) is 48.3 Å². The van der Waals surface area contributed by atoms with Crippen LogP contribution in [0.15, 0.2) is 36.9 Å². The highest BCUT2D eigenvalue weighted by atomic mass is 32.2. The summed E-state index contributed by atoms with van der Waals surface area (Å²) < 4.78 is 28.2. The van der Waals surface area contributed by atoms with Gasteiger partial charge in [-0.3, -0.25) is 4.68 Å². The standard InChI is InChI=1S/C19H20N6O2S/c1-18(5-6-18)28(26,27)24-12-19(13-24,11-20-2)25-10-14(9-23-25)15-3-7-21-17-16(15)4-8-22-17/h3-4,7-10H,5-6,11-13H2,1H3,(H,21,22). The number of aromatic nitrogens is 4. The van der Waals surface area contributed by atoms with E-state index in [9.17, 15) is 8.42 Å². The maximum Gasteiger partial charge on any atom is 0.242 e. The topological polar surface area (TPSA) is 88.2 Å². The van der Waals surface area contributed by atoms with Crippen molar-refractivity contribution >= 4 is 21.1 Å². The van der Waals surface area contributed by atoms with Gasteiger partial charge < -0.3 is 9.83 Å². The second kappa shape index (κ2) is 5.65. The third kappa shape index (κ3) is 2.34. The van der Waals surface area contributed by atoms with Crippen LogP contribution >= 0.6 is 0 Å². The van der Waals surface area contributed by atoms with Gasteiger partial charge in [0, 0.05) is 42.6 Å². The van der Waals surface area contributed by atoms with Crippen LogP contribution in [0.25, 0.3) is 27.0 Å². The van der Waals surface area contributed by atoms with Crippen LogP contribution in [-0.2, 0) is 15.6 Å². The molecule has 9 heteroatoms. The van der Waals surface area contributed by atoms with E-state index in [1.807, 2.05) is 24.5 Å². The summed E-state index contributed by atoms with van der Waals surface area (Å²) in [4.78, 5) is 11.0. The van der Waals surface area contributed by atoms with Gasteiger partial charge in [0.05, 0.1) is 10.9 Å². The molecule has 5 rings (SSSR count). The molecule has 2 aliphatic rings. The van der Waals surface area contributed by atoms with Crippen LogP contribution in [0.4, 0.5) is 0 Å². The maximum absolute atomic E-state index is 12.8. The number of sulfonamides is 1. The molecule has 0 spiro atoms. The van der Waals surface area contributed by atoms with E-state index in [0.29, 0.717) is 25.9 Å². The van der Waals surface area contributed by atoms with Crippen molar-refractivity contribution in [1.82, 2.24) is 24.1 Å². The number of hydrogen-bond acceptors (Lipinski definition) is 4. The summed E-state index contributed by atoms with van der Waals surface area (Å²) in [7, 11) is -3.32. The predicted octanol–water partition coefficient (Wildman–Crippen LogP) is 2.24. The van der Waals surface area contributed by atoms with Gasteiger partial charge in [-0.05, 0) is 37.5 Å². The molecule has 4 heterocycles. The van der Waals surface area contributed by atoms with Gasteiger partial charge in [-0.25, -0.2) is 20.0 Å². The average molecular weight is 396 g/mol. The molecule has 0 radical (unpaired) electrons. The first kappa shape index (κ1) is 17.4. The van der Waals surface area contributed by atoms with Gasteiger partial charge in [-0.1, -0.05) is 0 Å². The van der Waals surface area contributed by atoms with Gasteiger partial charge in [0.1, 0.15) is 5.65 Å². The number of hydrogen-bond donors (Lipinski definition) is 1. The van der Waals surface area contributed by atoms with Gasteiger partial charge >= 0.3 is 0 Å². The zero-order chi connectivity index (χ0) is 19.6. The highest BCUT2D eigenvalue weighted by Crippen LogP contribution is 2.47. The van der Waals surface area contributed by atoms with Crippen LogP contribution in [0, 0.1) is 6.57 Å². The predicted molar refractivity (Wildman–Crippen MR) is 105 cm³/mol. The Balaban J connectivity index is 1.47. The lowest BCUT2D eigenvalue weighted by Crippen LogP contribution is -2.67. The lowest BCUT2D eigenvalue weighted by Gasteiger charge is -2.46. The molecule has 0 atom stereocenters. The van der Waals surface area contributed by atoms with E-state index < -0.39 is 20.3 Å². The molecule has 0 unspecified atom stereocenters. The summed E-state index contributed by atoms with van der Waals surface area (Å²) in [6.07, 6.45) is 8.70. The molecule has 0 bridgehead atoms. The monoisotopic (exact) mass is 396 g/mol. The van der Waals surface area contributed by atoms with Crippen LogP contribution in [0.5, 0.6) is 0 Å². The number of nitrogens with one attached hydrogen (secondary N) is 1. The van der Waals surface area contributed by atoms with Gasteiger partial charge in [0.25, 0.3) is 0 Å². The molecule has 28 heavy (non-hydrogen) atoms. The molecule has 0 amide bonds. The van der Waals surface area contributed by atoms with Crippen molar-refractivity contribution in [2.45, 2.75) is 30.1 Å². The van der Waals surface area contributed by atoms with E-state index in [-0.39, 0.29) is 6.54 Å². The van der Waals surface area contributed by atoms with E-state index in [2.05, 4.69) is 19.9 Å². The number of nitrogens with zero attached hydrogens (tertiary/aromatic N) is 5. The average Bonchev–Trinajstić information content (AvgIpc) is 3.08. The lowest BCUT2D eigenvalue weighted by atomic mass is 9.92. The quantitative estimate of drug-likeness (QED) is 0.670. The Morgan fingerprint density at radius 1 is 1.32 bits per heavy atom. The Kier molecular flexibility index (Phi) is 3.51. The molecule has 1 N–H and O–H groups in total. The zero-order valence-corrected chi connectivity index (χ0v) is 16.3. The fourth-order valence-corrected chi connectivity index (χ4v) is 5.99. The summed E-state index contributed by atoms with van der Waals surface area (Å²) in [6, 6.07) is 3.91. The maximum atomic E-state index is 12.8. The zero-order valence-electron chi connectivity index (χ0n) is 15.5. The van der Waals surface area contributed by atoms with Crippen LogP contribution < -0.4 is 0 Å². The van der Waals surface area contributed by atoms with Crippen molar-refractivity contribution in [3.8, 4) is 11.1 Å². The Bertz CT molecular complexity index is 1210. The summed E-state index contributed by atoms with van der Waals surface area (Å²) in [5.41, 5.74) is 2.12. The van der Waals surface area contributed by atoms with Crippen molar-refractivity contribution < 1.29 is 8.42 Å². The summed E-state index contributed by atoms with van der Waals surface area (Å²) in [6.45, 7) is 9.96. The number of rotatable bonds is 5. The van der Waals surface area contributed by atoms with Crippen LogP contribution in [-0.4, -0.2) is 56.9 Å². The first-order chi connectivity index (χ1) is 13.4.